The fourth-order valence-electron chi connectivity index (χ4n) is 2.15. The molecule has 0 aromatic heterocycles. The first-order valence-electron chi connectivity index (χ1n) is 6.48. The van der Waals surface area contributed by atoms with E-state index in [4.69, 9.17) is 0 Å². The van der Waals surface area contributed by atoms with Gasteiger partial charge in [-0.15, -0.1) is 0 Å². The summed E-state index contributed by atoms with van der Waals surface area (Å²) in [5.41, 5.74) is 2.69. The average Bonchev–Trinajstić information content (AvgIpc) is 3.17. The summed E-state index contributed by atoms with van der Waals surface area (Å²) >= 11 is 3.70. The Bertz CT molecular complexity index is 411. The predicted molar refractivity (Wildman–Crippen MR) is 75.4 cm³/mol. The third-order valence-corrected chi connectivity index (χ3v) is 4.29. The molecule has 2 aliphatic carbocycles. The first kappa shape index (κ1) is 11.5. The monoisotopic (exact) mass is 294 g/mol. The molecule has 2 nitrogen and oxygen atoms in total. The zero-order valence-corrected chi connectivity index (χ0v) is 11.8. The van der Waals surface area contributed by atoms with Gasteiger partial charge in [-0.1, -0.05) is 6.07 Å². The van der Waals surface area contributed by atoms with Crippen molar-refractivity contribution in [2.75, 3.05) is 11.9 Å². The molecule has 0 saturated heterocycles. The Morgan fingerprint density at radius 1 is 1.29 bits per heavy atom. The highest BCUT2D eigenvalue weighted by Gasteiger charge is 2.27. The van der Waals surface area contributed by atoms with Crippen molar-refractivity contribution in [3.8, 4) is 0 Å². The Kier molecular flexibility index (Phi) is 3.14. The molecule has 92 valence electrons. The van der Waals surface area contributed by atoms with Crippen LogP contribution in [-0.2, 0) is 6.54 Å². The molecule has 0 aliphatic heterocycles. The van der Waals surface area contributed by atoms with Gasteiger partial charge in [0.15, 0.2) is 0 Å². The van der Waals surface area contributed by atoms with Gasteiger partial charge >= 0.3 is 0 Å². The van der Waals surface area contributed by atoms with Crippen molar-refractivity contribution in [3.63, 3.8) is 0 Å². The predicted octanol–water partition coefficient (Wildman–Crippen LogP) is 3.30. The first-order valence-corrected chi connectivity index (χ1v) is 7.28. The number of hydrogen-bond donors (Lipinski definition) is 1. The van der Waals surface area contributed by atoms with Crippen LogP contribution in [0.2, 0.25) is 0 Å². The van der Waals surface area contributed by atoms with Crippen LogP contribution < -0.4 is 10.2 Å². The largest absolute Gasteiger partial charge is 0.371 e. The van der Waals surface area contributed by atoms with E-state index in [2.05, 4.69) is 51.4 Å². The van der Waals surface area contributed by atoms with Crippen molar-refractivity contribution in [1.82, 2.24) is 5.32 Å². The highest BCUT2D eigenvalue weighted by atomic mass is 79.9. The first-order chi connectivity index (χ1) is 8.24. The third kappa shape index (κ3) is 2.83. The summed E-state index contributed by atoms with van der Waals surface area (Å²) in [6.07, 6.45) is 5.38. The lowest BCUT2D eigenvalue weighted by Gasteiger charge is -2.20. The van der Waals surface area contributed by atoms with E-state index in [1.54, 1.807) is 0 Å². The normalized spacial score (nSPS) is 19.4. The summed E-state index contributed by atoms with van der Waals surface area (Å²) < 4.78 is 1.22. The topological polar surface area (TPSA) is 15.3 Å². The molecule has 2 aliphatic rings. The van der Waals surface area contributed by atoms with Crippen LogP contribution in [0.3, 0.4) is 0 Å². The van der Waals surface area contributed by atoms with Crippen LogP contribution in [0.4, 0.5) is 5.69 Å². The standard InChI is InChI=1S/C14H19BrN2/c1-17(12-5-6-12)14-7-2-10(8-13(14)15)9-16-11-3-4-11/h2,7-8,11-12,16H,3-6,9H2,1H3. The SMILES string of the molecule is CN(c1ccc(CNC2CC2)cc1Br)C1CC1. The number of rotatable bonds is 5. The second-order valence-electron chi connectivity index (χ2n) is 5.28. The van der Waals surface area contributed by atoms with Gasteiger partial charge in [-0.05, 0) is 59.3 Å². The Labute approximate surface area is 112 Å². The van der Waals surface area contributed by atoms with E-state index < -0.39 is 0 Å². The molecular formula is C14H19BrN2. The summed E-state index contributed by atoms with van der Waals surface area (Å²) in [4.78, 5) is 2.39. The van der Waals surface area contributed by atoms with Crippen LogP contribution in [0.15, 0.2) is 22.7 Å². The van der Waals surface area contributed by atoms with Gasteiger partial charge in [0.25, 0.3) is 0 Å². The minimum atomic E-state index is 0.765. The fraction of sp³-hybridized carbons (Fsp3) is 0.571. The fourth-order valence-corrected chi connectivity index (χ4v) is 2.86. The number of anilines is 1. The lowest BCUT2D eigenvalue weighted by atomic mass is 10.2. The minimum absolute atomic E-state index is 0.765. The average molecular weight is 295 g/mol. The Morgan fingerprint density at radius 3 is 2.65 bits per heavy atom. The van der Waals surface area contributed by atoms with Crippen molar-refractivity contribution in [2.45, 2.75) is 44.3 Å². The van der Waals surface area contributed by atoms with E-state index in [0.29, 0.717) is 0 Å². The molecule has 3 rings (SSSR count). The Hall–Kier alpha value is -0.540. The molecule has 1 aromatic carbocycles. The van der Waals surface area contributed by atoms with E-state index in [0.717, 1.165) is 18.6 Å². The Morgan fingerprint density at radius 2 is 2.06 bits per heavy atom. The van der Waals surface area contributed by atoms with Crippen LogP contribution in [0.25, 0.3) is 0 Å². The van der Waals surface area contributed by atoms with Crippen molar-refractivity contribution in [1.29, 1.82) is 0 Å². The van der Waals surface area contributed by atoms with Crippen LogP contribution in [0.1, 0.15) is 31.2 Å². The van der Waals surface area contributed by atoms with Gasteiger partial charge < -0.3 is 10.2 Å². The molecule has 1 aromatic rings. The molecule has 1 N–H and O–H groups in total. The summed E-state index contributed by atoms with van der Waals surface area (Å²) in [5.74, 6) is 0. The van der Waals surface area contributed by atoms with Crippen molar-refractivity contribution < 1.29 is 0 Å². The zero-order valence-electron chi connectivity index (χ0n) is 10.2. The second-order valence-corrected chi connectivity index (χ2v) is 6.14. The molecule has 2 fully saturated rings. The molecule has 0 unspecified atom stereocenters. The lowest BCUT2D eigenvalue weighted by molar-refractivity contribution is 0.687. The van der Waals surface area contributed by atoms with Gasteiger partial charge in [0, 0.05) is 30.1 Å². The molecule has 0 atom stereocenters. The molecule has 3 heteroatoms. The molecule has 17 heavy (non-hydrogen) atoms. The summed E-state index contributed by atoms with van der Waals surface area (Å²) in [7, 11) is 2.19. The van der Waals surface area contributed by atoms with Crippen LogP contribution in [-0.4, -0.2) is 19.1 Å². The number of nitrogens with zero attached hydrogens (tertiary/aromatic N) is 1. The van der Waals surface area contributed by atoms with Crippen LogP contribution in [0, 0.1) is 0 Å². The number of nitrogens with one attached hydrogen (secondary N) is 1. The van der Waals surface area contributed by atoms with Crippen molar-refractivity contribution in [3.05, 3.63) is 28.2 Å². The zero-order chi connectivity index (χ0) is 11.8. The van der Waals surface area contributed by atoms with Gasteiger partial charge in [-0.3, -0.25) is 0 Å². The Balaban J connectivity index is 1.68. The van der Waals surface area contributed by atoms with E-state index in [9.17, 15) is 0 Å². The van der Waals surface area contributed by atoms with E-state index in [1.165, 1.54) is 41.4 Å². The molecule has 0 bridgehead atoms. The molecule has 0 spiro atoms. The van der Waals surface area contributed by atoms with Crippen molar-refractivity contribution >= 4 is 21.6 Å². The minimum Gasteiger partial charge on any atom is -0.371 e. The third-order valence-electron chi connectivity index (χ3n) is 3.66. The summed E-state index contributed by atoms with van der Waals surface area (Å²) in [6, 6.07) is 8.29. The van der Waals surface area contributed by atoms with Gasteiger partial charge in [0.2, 0.25) is 0 Å². The summed E-state index contributed by atoms with van der Waals surface area (Å²) in [6.45, 7) is 0.997. The highest BCUT2D eigenvalue weighted by molar-refractivity contribution is 9.10. The van der Waals surface area contributed by atoms with E-state index in [-0.39, 0.29) is 0 Å². The molecule has 0 radical (unpaired) electrons. The smallest absolute Gasteiger partial charge is 0.0510 e. The van der Waals surface area contributed by atoms with Crippen molar-refractivity contribution in [2.24, 2.45) is 0 Å². The number of halogens is 1. The molecule has 0 amide bonds. The maximum atomic E-state index is 3.70. The number of benzene rings is 1. The van der Waals surface area contributed by atoms with Crippen LogP contribution >= 0.6 is 15.9 Å². The van der Waals surface area contributed by atoms with E-state index in [1.807, 2.05) is 0 Å². The quantitative estimate of drug-likeness (QED) is 0.896. The number of hydrogen-bond acceptors (Lipinski definition) is 2. The summed E-state index contributed by atoms with van der Waals surface area (Å²) in [5, 5.41) is 3.55. The highest BCUT2D eigenvalue weighted by Crippen LogP contribution is 2.35. The maximum absolute atomic E-state index is 3.70. The van der Waals surface area contributed by atoms with Gasteiger partial charge in [-0.25, -0.2) is 0 Å². The van der Waals surface area contributed by atoms with Gasteiger partial charge in [0.05, 0.1) is 5.69 Å². The van der Waals surface area contributed by atoms with Gasteiger partial charge in [0.1, 0.15) is 0 Å². The second kappa shape index (κ2) is 4.62. The maximum Gasteiger partial charge on any atom is 0.0510 e. The molecule has 2 saturated carbocycles. The lowest BCUT2D eigenvalue weighted by Crippen LogP contribution is -2.20. The molecular weight excluding hydrogens is 276 g/mol. The van der Waals surface area contributed by atoms with Crippen LogP contribution in [0.5, 0.6) is 0 Å². The van der Waals surface area contributed by atoms with E-state index >= 15 is 0 Å². The molecule has 0 heterocycles. The van der Waals surface area contributed by atoms with Gasteiger partial charge in [-0.2, -0.15) is 0 Å².